The Bertz CT molecular complexity index is 175. The van der Waals surface area contributed by atoms with E-state index in [4.69, 9.17) is 0 Å². The summed E-state index contributed by atoms with van der Waals surface area (Å²) in [6.45, 7) is 11.5. The fraction of sp³-hybridized carbons (Fsp3) is 0.833. The van der Waals surface area contributed by atoms with E-state index in [0.717, 1.165) is 0 Å². The lowest BCUT2D eigenvalue weighted by atomic mass is 9.77. The van der Waals surface area contributed by atoms with Gasteiger partial charge in [0.1, 0.15) is 0 Å². The summed E-state index contributed by atoms with van der Waals surface area (Å²) < 4.78 is 0. The summed E-state index contributed by atoms with van der Waals surface area (Å²) in [5, 5.41) is 0. The maximum absolute atomic E-state index is 2.46. The highest BCUT2D eigenvalue weighted by Crippen LogP contribution is 2.59. The lowest BCUT2D eigenvalue weighted by molar-refractivity contribution is 0.270. The number of allylic oxidation sites excluding steroid dienone is 2. The molecule has 0 bridgehead atoms. The molecule has 1 rings (SSSR count). The highest BCUT2D eigenvalue weighted by Gasteiger charge is 2.49. The van der Waals surface area contributed by atoms with Gasteiger partial charge in [0.15, 0.2) is 0 Å². The SMILES string of the molecule is CC(C)/C=C/C1(C(C)(C)C)CC1. The summed E-state index contributed by atoms with van der Waals surface area (Å²) >= 11 is 0. The molecule has 0 atom stereocenters. The Balaban J connectivity index is 2.62. The van der Waals surface area contributed by atoms with Gasteiger partial charge in [0.05, 0.1) is 0 Å². The van der Waals surface area contributed by atoms with Gasteiger partial charge in [-0.3, -0.25) is 0 Å². The van der Waals surface area contributed by atoms with Gasteiger partial charge in [0, 0.05) is 0 Å². The molecular weight excluding hydrogens is 144 g/mol. The van der Waals surface area contributed by atoms with Crippen LogP contribution in [0.5, 0.6) is 0 Å². The van der Waals surface area contributed by atoms with E-state index in [-0.39, 0.29) is 0 Å². The van der Waals surface area contributed by atoms with Crippen molar-refractivity contribution >= 4 is 0 Å². The Kier molecular flexibility index (Phi) is 2.38. The van der Waals surface area contributed by atoms with Gasteiger partial charge >= 0.3 is 0 Å². The van der Waals surface area contributed by atoms with Crippen molar-refractivity contribution < 1.29 is 0 Å². The van der Waals surface area contributed by atoms with Gasteiger partial charge in [-0.05, 0) is 29.6 Å². The van der Waals surface area contributed by atoms with E-state index in [9.17, 15) is 0 Å². The molecule has 70 valence electrons. The van der Waals surface area contributed by atoms with Crippen LogP contribution in [0.1, 0.15) is 47.5 Å². The molecule has 0 saturated heterocycles. The Morgan fingerprint density at radius 3 is 1.92 bits per heavy atom. The zero-order valence-corrected chi connectivity index (χ0v) is 9.15. The van der Waals surface area contributed by atoms with Crippen molar-refractivity contribution in [2.24, 2.45) is 16.7 Å². The van der Waals surface area contributed by atoms with Crippen LogP contribution in [0.25, 0.3) is 0 Å². The predicted octanol–water partition coefficient (Wildman–Crippen LogP) is 4.02. The third-order valence-electron chi connectivity index (χ3n) is 3.08. The van der Waals surface area contributed by atoms with Crippen molar-refractivity contribution in [3.05, 3.63) is 12.2 Å². The summed E-state index contributed by atoms with van der Waals surface area (Å²) in [5.74, 6) is 0.699. The number of hydrogen-bond donors (Lipinski definition) is 0. The minimum Gasteiger partial charge on any atom is -0.0854 e. The topological polar surface area (TPSA) is 0 Å². The average molecular weight is 166 g/mol. The van der Waals surface area contributed by atoms with E-state index >= 15 is 0 Å². The van der Waals surface area contributed by atoms with Crippen molar-refractivity contribution in [1.82, 2.24) is 0 Å². The maximum Gasteiger partial charge on any atom is -0.00690 e. The fourth-order valence-corrected chi connectivity index (χ4v) is 1.68. The summed E-state index contributed by atoms with van der Waals surface area (Å²) in [6.07, 6.45) is 7.59. The van der Waals surface area contributed by atoms with Crippen LogP contribution in [0.3, 0.4) is 0 Å². The molecule has 0 heteroatoms. The lowest BCUT2D eigenvalue weighted by Gasteiger charge is -2.28. The first-order valence-electron chi connectivity index (χ1n) is 5.07. The third-order valence-corrected chi connectivity index (χ3v) is 3.08. The summed E-state index contributed by atoms with van der Waals surface area (Å²) in [4.78, 5) is 0. The van der Waals surface area contributed by atoms with Gasteiger partial charge in [-0.2, -0.15) is 0 Å². The highest BCUT2D eigenvalue weighted by molar-refractivity contribution is 5.15. The molecule has 0 aromatic carbocycles. The van der Waals surface area contributed by atoms with Crippen molar-refractivity contribution in [1.29, 1.82) is 0 Å². The zero-order chi connectivity index (χ0) is 9.41. The predicted molar refractivity (Wildman–Crippen MR) is 55.1 cm³/mol. The van der Waals surface area contributed by atoms with E-state index in [2.05, 4.69) is 46.8 Å². The van der Waals surface area contributed by atoms with Crippen molar-refractivity contribution in [2.75, 3.05) is 0 Å². The molecule has 0 spiro atoms. The molecule has 1 aliphatic rings. The quantitative estimate of drug-likeness (QED) is 0.543. The molecule has 1 fully saturated rings. The molecule has 0 N–H and O–H groups in total. The molecule has 0 radical (unpaired) electrons. The van der Waals surface area contributed by atoms with Crippen molar-refractivity contribution in [2.45, 2.75) is 47.5 Å². The molecule has 0 aromatic heterocycles. The Morgan fingerprint density at radius 2 is 1.67 bits per heavy atom. The minimum absolute atomic E-state index is 0.457. The molecule has 1 aliphatic carbocycles. The standard InChI is InChI=1S/C12H22/c1-10(2)6-7-12(8-9-12)11(3,4)5/h6-7,10H,8-9H2,1-5H3/b7-6+. The van der Waals surface area contributed by atoms with Crippen LogP contribution in [0, 0.1) is 16.7 Å². The van der Waals surface area contributed by atoms with Gasteiger partial charge in [-0.1, -0.05) is 46.8 Å². The van der Waals surface area contributed by atoms with E-state index < -0.39 is 0 Å². The Hall–Kier alpha value is -0.260. The monoisotopic (exact) mass is 166 g/mol. The first-order chi connectivity index (χ1) is 5.37. The fourth-order valence-electron chi connectivity index (χ4n) is 1.68. The smallest absolute Gasteiger partial charge is 0.00690 e. The lowest BCUT2D eigenvalue weighted by Crippen LogP contribution is -2.19. The first-order valence-corrected chi connectivity index (χ1v) is 5.07. The van der Waals surface area contributed by atoms with E-state index in [0.29, 0.717) is 16.7 Å². The zero-order valence-electron chi connectivity index (χ0n) is 9.15. The van der Waals surface area contributed by atoms with Crippen LogP contribution in [-0.4, -0.2) is 0 Å². The molecule has 0 aromatic rings. The molecule has 0 unspecified atom stereocenters. The molecule has 0 heterocycles. The molecular formula is C12H22. The van der Waals surface area contributed by atoms with Crippen LogP contribution in [0.4, 0.5) is 0 Å². The number of hydrogen-bond acceptors (Lipinski definition) is 0. The molecule has 12 heavy (non-hydrogen) atoms. The normalized spacial score (nSPS) is 22.2. The summed E-state index contributed by atoms with van der Waals surface area (Å²) in [6, 6.07) is 0. The second kappa shape index (κ2) is 2.90. The highest BCUT2D eigenvalue weighted by atomic mass is 14.5. The molecule has 0 nitrogen and oxygen atoms in total. The first kappa shape index (κ1) is 9.83. The minimum atomic E-state index is 0.457. The molecule has 0 amide bonds. The second-order valence-electron chi connectivity index (χ2n) is 5.51. The van der Waals surface area contributed by atoms with Gasteiger partial charge in [-0.15, -0.1) is 0 Å². The largest absolute Gasteiger partial charge is 0.0854 e. The van der Waals surface area contributed by atoms with E-state index in [1.807, 2.05) is 0 Å². The van der Waals surface area contributed by atoms with Crippen molar-refractivity contribution in [3.63, 3.8) is 0 Å². The van der Waals surface area contributed by atoms with Crippen LogP contribution < -0.4 is 0 Å². The van der Waals surface area contributed by atoms with Crippen molar-refractivity contribution in [3.8, 4) is 0 Å². The molecule has 1 saturated carbocycles. The summed E-state index contributed by atoms with van der Waals surface area (Å²) in [7, 11) is 0. The van der Waals surface area contributed by atoms with E-state index in [1.165, 1.54) is 12.8 Å². The Labute approximate surface area is 77.1 Å². The Morgan fingerprint density at radius 1 is 1.17 bits per heavy atom. The third kappa shape index (κ3) is 1.91. The van der Waals surface area contributed by atoms with E-state index in [1.54, 1.807) is 0 Å². The second-order valence-corrected chi connectivity index (χ2v) is 5.51. The van der Waals surface area contributed by atoms with Crippen LogP contribution in [0.2, 0.25) is 0 Å². The average Bonchev–Trinajstić information content (AvgIpc) is 2.60. The van der Waals surface area contributed by atoms with Gasteiger partial charge in [0.2, 0.25) is 0 Å². The van der Waals surface area contributed by atoms with Crippen LogP contribution in [0.15, 0.2) is 12.2 Å². The van der Waals surface area contributed by atoms with Gasteiger partial charge in [-0.25, -0.2) is 0 Å². The van der Waals surface area contributed by atoms with Crippen LogP contribution >= 0.6 is 0 Å². The summed E-state index contributed by atoms with van der Waals surface area (Å²) in [5.41, 5.74) is 0.996. The van der Waals surface area contributed by atoms with Gasteiger partial charge < -0.3 is 0 Å². The number of rotatable bonds is 2. The molecule has 0 aliphatic heterocycles. The van der Waals surface area contributed by atoms with Crippen LogP contribution in [-0.2, 0) is 0 Å². The maximum atomic E-state index is 2.46. The van der Waals surface area contributed by atoms with Gasteiger partial charge in [0.25, 0.3) is 0 Å².